The molecule has 0 fully saturated rings. The van der Waals surface area contributed by atoms with E-state index in [2.05, 4.69) is 28.6 Å². The Morgan fingerprint density at radius 1 is 1.40 bits per heavy atom. The molecule has 0 aliphatic rings. The molecule has 1 aromatic heterocycles. The van der Waals surface area contributed by atoms with Gasteiger partial charge in [-0.25, -0.2) is 13.1 Å². The van der Waals surface area contributed by atoms with Crippen LogP contribution < -0.4 is 4.72 Å². The van der Waals surface area contributed by atoms with E-state index in [1.165, 1.54) is 4.68 Å². The summed E-state index contributed by atoms with van der Waals surface area (Å²) in [5, 5.41) is 4.16. The zero-order valence-electron chi connectivity index (χ0n) is 12.6. The van der Waals surface area contributed by atoms with Crippen molar-refractivity contribution in [3.8, 4) is 0 Å². The van der Waals surface area contributed by atoms with Gasteiger partial charge in [0.2, 0.25) is 10.0 Å². The maximum atomic E-state index is 12.3. The van der Waals surface area contributed by atoms with Gasteiger partial charge in [0.1, 0.15) is 10.0 Å². The van der Waals surface area contributed by atoms with E-state index >= 15 is 0 Å². The minimum absolute atomic E-state index is 0.0633. The van der Waals surface area contributed by atoms with E-state index in [0.717, 1.165) is 13.1 Å². The van der Waals surface area contributed by atoms with Gasteiger partial charge in [-0.2, -0.15) is 5.10 Å². The number of hydrogen-bond donors (Lipinski definition) is 1. The zero-order valence-corrected chi connectivity index (χ0v) is 14.2. The molecule has 1 N–H and O–H groups in total. The van der Waals surface area contributed by atoms with Crippen molar-refractivity contribution in [3.05, 3.63) is 10.8 Å². The first-order valence-electron chi connectivity index (χ1n) is 6.67. The topological polar surface area (TPSA) is 67.2 Å². The molecular weight excluding hydrogens is 300 g/mol. The van der Waals surface area contributed by atoms with Gasteiger partial charge < -0.3 is 0 Å². The third-order valence-corrected chi connectivity index (χ3v) is 5.49. The first-order valence-corrected chi connectivity index (χ1v) is 8.53. The Bertz CT molecular complexity index is 552. The van der Waals surface area contributed by atoms with Gasteiger partial charge >= 0.3 is 0 Å². The summed E-state index contributed by atoms with van der Waals surface area (Å²) in [7, 11) is -2.02. The van der Waals surface area contributed by atoms with Gasteiger partial charge in [0, 0.05) is 19.6 Å². The number of aryl methyl sites for hydroxylation is 2. The summed E-state index contributed by atoms with van der Waals surface area (Å²) < 4.78 is 28.6. The van der Waals surface area contributed by atoms with E-state index in [0.29, 0.717) is 12.2 Å². The molecule has 1 atom stereocenters. The van der Waals surface area contributed by atoms with E-state index in [-0.39, 0.29) is 16.1 Å². The molecule has 1 rings (SSSR count). The van der Waals surface area contributed by atoms with Gasteiger partial charge in [0.05, 0.1) is 5.69 Å². The Balaban J connectivity index is 2.86. The summed E-state index contributed by atoms with van der Waals surface area (Å²) in [6.45, 7) is 9.83. The number of nitrogens with one attached hydrogen (secondary N) is 1. The lowest BCUT2D eigenvalue weighted by Crippen LogP contribution is -2.42. The molecule has 0 spiro atoms. The minimum Gasteiger partial charge on any atom is -0.300 e. The first kappa shape index (κ1) is 17.4. The van der Waals surface area contributed by atoms with E-state index in [1.54, 1.807) is 14.0 Å². The Morgan fingerprint density at radius 2 is 1.95 bits per heavy atom. The lowest BCUT2D eigenvalue weighted by molar-refractivity contribution is 0.232. The van der Waals surface area contributed by atoms with Crippen LogP contribution in [0.15, 0.2) is 4.90 Å². The molecule has 1 aromatic rings. The molecule has 0 unspecified atom stereocenters. The van der Waals surface area contributed by atoms with Gasteiger partial charge in [0.15, 0.2) is 0 Å². The fourth-order valence-corrected chi connectivity index (χ4v) is 4.06. The lowest BCUT2D eigenvalue weighted by atomic mass is 10.3. The number of nitrogens with zero attached hydrogens (tertiary/aromatic N) is 3. The van der Waals surface area contributed by atoms with Crippen molar-refractivity contribution < 1.29 is 8.42 Å². The van der Waals surface area contributed by atoms with Crippen LogP contribution in [0.25, 0.3) is 0 Å². The third kappa shape index (κ3) is 3.72. The van der Waals surface area contributed by atoms with Gasteiger partial charge in [0.25, 0.3) is 0 Å². The normalized spacial score (nSPS) is 13.9. The summed E-state index contributed by atoms with van der Waals surface area (Å²) >= 11 is 6.00. The van der Waals surface area contributed by atoms with Crippen LogP contribution in [0.5, 0.6) is 0 Å². The number of hydrogen-bond acceptors (Lipinski definition) is 4. The van der Waals surface area contributed by atoms with Crippen LogP contribution in [0, 0.1) is 6.92 Å². The van der Waals surface area contributed by atoms with Gasteiger partial charge in [-0.3, -0.25) is 9.58 Å². The molecule has 0 saturated heterocycles. The molecule has 8 heteroatoms. The van der Waals surface area contributed by atoms with Gasteiger partial charge in [-0.1, -0.05) is 25.4 Å². The molecule has 0 radical (unpaired) electrons. The van der Waals surface area contributed by atoms with Crippen LogP contribution in [0.1, 0.15) is 26.5 Å². The number of halogens is 1. The average molecular weight is 323 g/mol. The second kappa shape index (κ2) is 6.89. The van der Waals surface area contributed by atoms with Crippen LogP contribution in [-0.2, 0) is 17.1 Å². The highest BCUT2D eigenvalue weighted by atomic mass is 35.5. The average Bonchev–Trinajstić information content (AvgIpc) is 2.63. The quantitative estimate of drug-likeness (QED) is 0.824. The van der Waals surface area contributed by atoms with Crippen molar-refractivity contribution in [3.63, 3.8) is 0 Å². The van der Waals surface area contributed by atoms with Crippen LogP contribution >= 0.6 is 11.6 Å². The van der Waals surface area contributed by atoms with Crippen molar-refractivity contribution in [2.75, 3.05) is 19.6 Å². The molecule has 0 bridgehead atoms. The Hall–Kier alpha value is -0.630. The summed E-state index contributed by atoms with van der Waals surface area (Å²) in [5.41, 5.74) is 0.403. The molecule has 1 heterocycles. The summed E-state index contributed by atoms with van der Waals surface area (Å²) in [6, 6.07) is 0.121. The molecule has 0 aliphatic heterocycles. The van der Waals surface area contributed by atoms with Crippen molar-refractivity contribution in [1.29, 1.82) is 0 Å². The van der Waals surface area contributed by atoms with E-state index in [4.69, 9.17) is 11.6 Å². The highest BCUT2D eigenvalue weighted by Gasteiger charge is 2.25. The number of aromatic nitrogens is 2. The first-order chi connectivity index (χ1) is 9.24. The van der Waals surface area contributed by atoms with Crippen molar-refractivity contribution in [2.24, 2.45) is 7.05 Å². The van der Waals surface area contributed by atoms with E-state index < -0.39 is 10.0 Å². The molecule has 20 heavy (non-hydrogen) atoms. The molecule has 0 amide bonds. The van der Waals surface area contributed by atoms with Gasteiger partial charge in [-0.05, 0) is 26.9 Å². The zero-order chi connectivity index (χ0) is 15.5. The monoisotopic (exact) mass is 322 g/mol. The van der Waals surface area contributed by atoms with E-state index in [9.17, 15) is 8.42 Å². The molecule has 6 nitrogen and oxygen atoms in total. The smallest absolute Gasteiger partial charge is 0.245 e. The number of likely N-dealkylation sites (N-methyl/N-ethyl adjacent to an activating group) is 1. The predicted octanol–water partition coefficient (Wildman–Crippen LogP) is 1.39. The summed E-state index contributed by atoms with van der Waals surface area (Å²) in [4.78, 5) is 2.24. The summed E-state index contributed by atoms with van der Waals surface area (Å²) in [5.74, 6) is 0. The minimum atomic E-state index is -3.64. The molecule has 0 aromatic carbocycles. The lowest BCUT2D eigenvalue weighted by Gasteiger charge is -2.26. The highest BCUT2D eigenvalue weighted by molar-refractivity contribution is 7.89. The Labute approximate surface area is 126 Å². The maximum Gasteiger partial charge on any atom is 0.245 e. The molecular formula is C12H23ClN4O2S. The van der Waals surface area contributed by atoms with Crippen LogP contribution in [0.4, 0.5) is 0 Å². The molecule has 116 valence electrons. The van der Waals surface area contributed by atoms with Crippen molar-refractivity contribution in [1.82, 2.24) is 19.4 Å². The Kier molecular flexibility index (Phi) is 6.00. The number of rotatable bonds is 7. The van der Waals surface area contributed by atoms with Crippen LogP contribution in [0.3, 0.4) is 0 Å². The molecule has 0 aliphatic carbocycles. The largest absolute Gasteiger partial charge is 0.300 e. The maximum absolute atomic E-state index is 12.3. The van der Waals surface area contributed by atoms with Crippen LogP contribution in [0.2, 0.25) is 5.15 Å². The second-order valence-electron chi connectivity index (χ2n) is 4.75. The van der Waals surface area contributed by atoms with E-state index in [1.807, 2.05) is 6.92 Å². The number of sulfonamides is 1. The fraction of sp³-hybridized carbons (Fsp3) is 0.750. The highest BCUT2D eigenvalue weighted by Crippen LogP contribution is 2.23. The standard InChI is InChI=1S/C12H23ClN4O2S/c1-6-17(7-2)9(3)8-14-20(18,19)11-10(4)15-16(5)12(11)13/h9,14H,6-8H2,1-5H3/t9-/m1/s1. The molecule has 0 saturated carbocycles. The summed E-state index contributed by atoms with van der Waals surface area (Å²) in [6.07, 6.45) is 0. The van der Waals surface area contributed by atoms with Crippen LogP contribution in [-0.4, -0.2) is 48.8 Å². The predicted molar refractivity (Wildman–Crippen MR) is 80.5 cm³/mol. The SMILES string of the molecule is CCN(CC)[C@H](C)CNS(=O)(=O)c1c(C)nn(C)c1Cl. The second-order valence-corrected chi connectivity index (χ2v) is 6.81. The Morgan fingerprint density at radius 3 is 2.35 bits per heavy atom. The fourth-order valence-electron chi connectivity index (χ4n) is 2.19. The van der Waals surface area contributed by atoms with Gasteiger partial charge in [-0.15, -0.1) is 0 Å². The van der Waals surface area contributed by atoms with Crippen molar-refractivity contribution >= 4 is 21.6 Å². The third-order valence-electron chi connectivity index (χ3n) is 3.37. The van der Waals surface area contributed by atoms with Crippen molar-refractivity contribution in [2.45, 2.75) is 38.6 Å².